The molecule has 0 spiro atoms. The summed E-state index contributed by atoms with van der Waals surface area (Å²) in [5, 5.41) is 1.08. The quantitative estimate of drug-likeness (QED) is 0.357. The van der Waals surface area contributed by atoms with Crippen molar-refractivity contribution in [2.45, 2.75) is 44.1 Å². The maximum atomic E-state index is 5.49. The molecule has 0 amide bonds. The summed E-state index contributed by atoms with van der Waals surface area (Å²) in [6.07, 6.45) is 3.58. The Morgan fingerprint density at radius 2 is 2.19 bits per heavy atom. The number of nitrogens with two attached hydrogens (primary N) is 1. The van der Waals surface area contributed by atoms with Gasteiger partial charge in [0.1, 0.15) is 16.7 Å². The Bertz CT molecular complexity index is 376. The fraction of sp³-hybridized carbons (Fsp3) is 0.636. The first-order valence-corrected chi connectivity index (χ1v) is 6.72. The summed E-state index contributed by atoms with van der Waals surface area (Å²) < 4.78 is 0. The Hall–Kier alpha value is -0.810. The Morgan fingerprint density at radius 1 is 1.44 bits per heavy atom. The van der Waals surface area contributed by atoms with Crippen LogP contribution in [-0.2, 0) is 0 Å². The van der Waals surface area contributed by atoms with E-state index >= 15 is 0 Å². The molecule has 1 fully saturated rings. The minimum atomic E-state index is 0.564. The number of hydrogen-bond donors (Lipinski definition) is 2. The average Bonchev–Trinajstić information content (AvgIpc) is 3.11. The first-order chi connectivity index (χ1) is 7.76. The zero-order valence-electron chi connectivity index (χ0n) is 9.79. The summed E-state index contributed by atoms with van der Waals surface area (Å²) in [4.78, 5) is 9.10. The van der Waals surface area contributed by atoms with Crippen LogP contribution in [0.3, 0.4) is 0 Å². The summed E-state index contributed by atoms with van der Waals surface area (Å²) in [5.41, 5.74) is 3.73. The number of nitrogens with one attached hydrogen (secondary N) is 1. The summed E-state index contributed by atoms with van der Waals surface area (Å²) in [7, 11) is 0. The van der Waals surface area contributed by atoms with Gasteiger partial charge in [0.25, 0.3) is 0 Å². The van der Waals surface area contributed by atoms with Gasteiger partial charge in [-0.3, -0.25) is 0 Å². The number of nitrogens with zero attached hydrogens (tertiary/aromatic N) is 2. The van der Waals surface area contributed by atoms with Crippen LogP contribution in [0.4, 0.5) is 5.82 Å². The van der Waals surface area contributed by atoms with Crippen LogP contribution in [0.25, 0.3) is 0 Å². The summed E-state index contributed by atoms with van der Waals surface area (Å²) in [6.45, 7) is 4.19. The van der Waals surface area contributed by atoms with Crippen molar-refractivity contribution >= 4 is 17.6 Å². The highest BCUT2D eigenvalue weighted by Crippen LogP contribution is 2.39. The molecule has 0 unspecified atom stereocenters. The number of aromatic nitrogens is 2. The molecule has 2 rings (SSSR count). The van der Waals surface area contributed by atoms with Crippen molar-refractivity contribution in [3.05, 3.63) is 11.4 Å². The van der Waals surface area contributed by atoms with Crippen LogP contribution in [0.5, 0.6) is 0 Å². The smallest absolute Gasteiger partial charge is 0.147 e. The molecule has 0 radical (unpaired) electrons. The number of thioether (sulfide) groups is 1. The standard InChI is InChI=1S/C11H18N4S/c1-3-6-16-11-7(2)9(15-12)13-10(14-11)8-4-5-8/h8H,3-6,12H2,1-2H3,(H,13,14,15). The number of hydrazine groups is 1. The third-order valence-electron chi connectivity index (χ3n) is 2.64. The molecule has 0 atom stereocenters. The first-order valence-electron chi connectivity index (χ1n) is 5.74. The van der Waals surface area contributed by atoms with Crippen molar-refractivity contribution in [3.8, 4) is 0 Å². The Morgan fingerprint density at radius 3 is 2.75 bits per heavy atom. The van der Waals surface area contributed by atoms with Crippen LogP contribution in [0, 0.1) is 6.92 Å². The summed E-state index contributed by atoms with van der Waals surface area (Å²) >= 11 is 1.79. The zero-order valence-corrected chi connectivity index (χ0v) is 10.6. The second-order valence-corrected chi connectivity index (χ2v) is 5.21. The highest BCUT2D eigenvalue weighted by atomic mass is 32.2. The van der Waals surface area contributed by atoms with Crippen molar-refractivity contribution in [1.29, 1.82) is 0 Å². The van der Waals surface area contributed by atoms with Crippen LogP contribution < -0.4 is 11.3 Å². The van der Waals surface area contributed by atoms with Gasteiger partial charge >= 0.3 is 0 Å². The van der Waals surface area contributed by atoms with E-state index in [0.717, 1.165) is 34.4 Å². The van der Waals surface area contributed by atoms with Crippen LogP contribution >= 0.6 is 11.8 Å². The average molecular weight is 238 g/mol. The summed E-state index contributed by atoms with van der Waals surface area (Å²) in [6, 6.07) is 0. The molecule has 1 aromatic rings. The predicted octanol–water partition coefficient (Wildman–Crippen LogP) is 2.45. The van der Waals surface area contributed by atoms with E-state index in [2.05, 4.69) is 22.3 Å². The van der Waals surface area contributed by atoms with Crippen LogP contribution in [0.2, 0.25) is 0 Å². The van der Waals surface area contributed by atoms with Crippen molar-refractivity contribution in [2.24, 2.45) is 5.84 Å². The molecule has 1 aliphatic carbocycles. The van der Waals surface area contributed by atoms with Gasteiger partial charge in [0.15, 0.2) is 0 Å². The molecule has 1 aromatic heterocycles. The van der Waals surface area contributed by atoms with Gasteiger partial charge in [0.05, 0.1) is 0 Å². The maximum Gasteiger partial charge on any atom is 0.147 e. The molecule has 5 heteroatoms. The Labute approximate surface area is 100 Å². The molecular formula is C11H18N4S. The lowest BCUT2D eigenvalue weighted by Crippen LogP contribution is -2.13. The molecular weight excluding hydrogens is 220 g/mol. The highest BCUT2D eigenvalue weighted by Gasteiger charge is 2.28. The molecule has 0 saturated heterocycles. The molecule has 88 valence electrons. The van der Waals surface area contributed by atoms with Gasteiger partial charge in [-0.05, 0) is 31.9 Å². The third-order valence-corrected chi connectivity index (χ3v) is 3.92. The van der Waals surface area contributed by atoms with Gasteiger partial charge in [0, 0.05) is 11.5 Å². The van der Waals surface area contributed by atoms with Crippen LogP contribution in [0.15, 0.2) is 5.03 Å². The normalized spacial score (nSPS) is 15.2. The zero-order chi connectivity index (χ0) is 11.5. The molecule has 1 saturated carbocycles. The van der Waals surface area contributed by atoms with Crippen molar-refractivity contribution in [1.82, 2.24) is 9.97 Å². The van der Waals surface area contributed by atoms with E-state index in [1.807, 2.05) is 6.92 Å². The first kappa shape index (κ1) is 11.7. The molecule has 0 bridgehead atoms. The molecule has 1 aliphatic rings. The van der Waals surface area contributed by atoms with E-state index in [1.54, 1.807) is 11.8 Å². The second kappa shape index (κ2) is 5.01. The second-order valence-electron chi connectivity index (χ2n) is 4.13. The third kappa shape index (κ3) is 2.47. The lowest BCUT2D eigenvalue weighted by molar-refractivity contribution is 0.861. The topological polar surface area (TPSA) is 63.8 Å². The van der Waals surface area contributed by atoms with E-state index in [4.69, 9.17) is 5.84 Å². The van der Waals surface area contributed by atoms with Gasteiger partial charge in [0.2, 0.25) is 0 Å². The number of nitrogen functional groups attached to an aromatic ring is 1. The monoisotopic (exact) mass is 238 g/mol. The molecule has 3 N–H and O–H groups in total. The van der Waals surface area contributed by atoms with Gasteiger partial charge in [-0.1, -0.05) is 6.92 Å². The largest absolute Gasteiger partial charge is 0.308 e. The molecule has 0 aliphatic heterocycles. The van der Waals surface area contributed by atoms with E-state index in [9.17, 15) is 0 Å². The van der Waals surface area contributed by atoms with Gasteiger partial charge in [-0.15, -0.1) is 11.8 Å². The Balaban J connectivity index is 2.28. The highest BCUT2D eigenvalue weighted by molar-refractivity contribution is 7.99. The minimum absolute atomic E-state index is 0.564. The van der Waals surface area contributed by atoms with Crippen LogP contribution in [-0.4, -0.2) is 15.7 Å². The number of rotatable bonds is 5. The SMILES string of the molecule is CCCSc1nc(C2CC2)nc(NN)c1C. The molecule has 4 nitrogen and oxygen atoms in total. The lowest BCUT2D eigenvalue weighted by Gasteiger charge is -2.10. The number of anilines is 1. The van der Waals surface area contributed by atoms with E-state index in [-0.39, 0.29) is 0 Å². The minimum Gasteiger partial charge on any atom is -0.308 e. The van der Waals surface area contributed by atoms with Gasteiger partial charge in [-0.2, -0.15) is 0 Å². The van der Waals surface area contributed by atoms with Crippen molar-refractivity contribution in [3.63, 3.8) is 0 Å². The molecule has 1 heterocycles. The lowest BCUT2D eigenvalue weighted by atomic mass is 10.3. The van der Waals surface area contributed by atoms with E-state index in [1.165, 1.54) is 12.8 Å². The van der Waals surface area contributed by atoms with Gasteiger partial charge < -0.3 is 5.43 Å². The fourth-order valence-electron chi connectivity index (χ4n) is 1.52. The van der Waals surface area contributed by atoms with Crippen LogP contribution in [0.1, 0.15) is 43.5 Å². The predicted molar refractivity (Wildman–Crippen MR) is 67.6 cm³/mol. The molecule has 16 heavy (non-hydrogen) atoms. The summed E-state index contributed by atoms with van der Waals surface area (Å²) in [5.74, 6) is 8.87. The maximum absolute atomic E-state index is 5.49. The van der Waals surface area contributed by atoms with Crippen molar-refractivity contribution < 1.29 is 0 Å². The fourth-order valence-corrected chi connectivity index (χ4v) is 2.39. The number of hydrogen-bond acceptors (Lipinski definition) is 5. The van der Waals surface area contributed by atoms with Crippen molar-refractivity contribution in [2.75, 3.05) is 11.2 Å². The van der Waals surface area contributed by atoms with E-state index in [0.29, 0.717) is 5.92 Å². The molecule has 0 aromatic carbocycles. The van der Waals surface area contributed by atoms with E-state index < -0.39 is 0 Å². The Kier molecular flexibility index (Phi) is 3.66. The van der Waals surface area contributed by atoms with Gasteiger partial charge in [-0.25, -0.2) is 15.8 Å².